The number of rotatable bonds is 6. The van der Waals surface area contributed by atoms with Gasteiger partial charge >= 0.3 is 6.09 Å². The predicted octanol–water partition coefficient (Wildman–Crippen LogP) is 3.03. The van der Waals surface area contributed by atoms with Gasteiger partial charge in [-0.3, -0.25) is 14.8 Å². The molecule has 4 N–H and O–H groups in total. The molecule has 0 bridgehead atoms. The fourth-order valence-electron chi connectivity index (χ4n) is 4.54. The number of hydrogen-bond donors (Lipinski definition) is 4. The summed E-state index contributed by atoms with van der Waals surface area (Å²) in [6.45, 7) is 4.86. The van der Waals surface area contributed by atoms with Crippen LogP contribution in [0.25, 0.3) is 10.9 Å². The van der Waals surface area contributed by atoms with Crippen molar-refractivity contribution < 1.29 is 24.7 Å². The lowest BCUT2D eigenvalue weighted by molar-refractivity contribution is -0.133. The highest BCUT2D eigenvalue weighted by Crippen LogP contribution is 2.26. The number of para-hydroxylation sites is 1. The summed E-state index contributed by atoms with van der Waals surface area (Å²) in [7, 11) is 0. The van der Waals surface area contributed by atoms with E-state index in [9.17, 15) is 19.5 Å². The quantitative estimate of drug-likeness (QED) is 0.330. The van der Waals surface area contributed by atoms with Crippen LogP contribution in [0.1, 0.15) is 41.4 Å². The molecule has 2 atom stereocenters. The summed E-state index contributed by atoms with van der Waals surface area (Å²) >= 11 is 0. The molecular formula is C25H28N4O5. The maximum Gasteiger partial charge on any atom is 0.407 e. The van der Waals surface area contributed by atoms with Gasteiger partial charge in [-0.2, -0.15) is 0 Å². The Kier molecular flexibility index (Phi) is 6.56. The van der Waals surface area contributed by atoms with Crippen molar-refractivity contribution in [2.24, 2.45) is 5.92 Å². The minimum atomic E-state index is -1.19. The van der Waals surface area contributed by atoms with Crippen LogP contribution < -0.4 is 10.8 Å². The SMILES string of the molecule is CC(C)c1cc2ccccc2n1Cc1ccc(C(=O)N[C@@H]2CN(C(=O)O)C[C@@H]2C(=O)NO)cc1. The van der Waals surface area contributed by atoms with Crippen LogP contribution in [0.15, 0.2) is 54.6 Å². The van der Waals surface area contributed by atoms with Gasteiger partial charge in [0, 0.05) is 36.4 Å². The summed E-state index contributed by atoms with van der Waals surface area (Å²) in [6.07, 6.45) is -1.19. The Labute approximate surface area is 196 Å². The molecular weight excluding hydrogens is 436 g/mol. The molecule has 0 saturated carbocycles. The molecule has 4 rings (SSSR count). The van der Waals surface area contributed by atoms with E-state index in [-0.39, 0.29) is 13.1 Å². The van der Waals surface area contributed by atoms with Crippen molar-refractivity contribution in [3.63, 3.8) is 0 Å². The zero-order chi connectivity index (χ0) is 24.4. The first-order valence-electron chi connectivity index (χ1n) is 11.2. The minimum Gasteiger partial charge on any atom is -0.465 e. The number of fused-ring (bicyclic) bond motifs is 1. The van der Waals surface area contributed by atoms with Crippen LogP contribution >= 0.6 is 0 Å². The third kappa shape index (κ3) is 4.60. The van der Waals surface area contributed by atoms with Gasteiger partial charge in [-0.15, -0.1) is 0 Å². The van der Waals surface area contributed by atoms with Crippen molar-refractivity contribution in [2.75, 3.05) is 13.1 Å². The highest BCUT2D eigenvalue weighted by Gasteiger charge is 2.40. The largest absolute Gasteiger partial charge is 0.465 e. The lowest BCUT2D eigenvalue weighted by Gasteiger charge is -2.18. The molecule has 1 aromatic heterocycles. The number of hydroxylamine groups is 1. The monoisotopic (exact) mass is 464 g/mol. The molecule has 9 heteroatoms. The number of nitrogens with one attached hydrogen (secondary N) is 2. The third-order valence-electron chi connectivity index (χ3n) is 6.34. The fraction of sp³-hybridized carbons (Fsp3) is 0.320. The van der Waals surface area contributed by atoms with Crippen molar-refractivity contribution in [3.8, 4) is 0 Å². The number of carbonyl (C=O) groups is 3. The molecule has 1 fully saturated rings. The predicted molar refractivity (Wildman–Crippen MR) is 126 cm³/mol. The molecule has 34 heavy (non-hydrogen) atoms. The Bertz CT molecular complexity index is 1220. The van der Waals surface area contributed by atoms with Crippen LogP contribution in [0.3, 0.4) is 0 Å². The van der Waals surface area contributed by atoms with E-state index in [1.807, 2.05) is 24.3 Å². The average molecular weight is 465 g/mol. The van der Waals surface area contributed by atoms with E-state index < -0.39 is 29.9 Å². The second kappa shape index (κ2) is 9.56. The first-order valence-corrected chi connectivity index (χ1v) is 11.2. The number of likely N-dealkylation sites (tertiary alicyclic amines) is 1. The smallest absolute Gasteiger partial charge is 0.407 e. The zero-order valence-electron chi connectivity index (χ0n) is 19.1. The maximum atomic E-state index is 12.8. The van der Waals surface area contributed by atoms with Gasteiger partial charge in [-0.1, -0.05) is 44.2 Å². The first kappa shape index (κ1) is 23.3. The van der Waals surface area contributed by atoms with Gasteiger partial charge in [-0.05, 0) is 41.1 Å². The van der Waals surface area contributed by atoms with Crippen molar-refractivity contribution in [2.45, 2.75) is 32.4 Å². The Hall–Kier alpha value is -3.85. The summed E-state index contributed by atoms with van der Waals surface area (Å²) in [4.78, 5) is 37.1. The average Bonchev–Trinajstić information content (AvgIpc) is 3.41. The summed E-state index contributed by atoms with van der Waals surface area (Å²) in [5.41, 5.74) is 5.39. The van der Waals surface area contributed by atoms with E-state index in [0.717, 1.165) is 16.0 Å². The first-order chi connectivity index (χ1) is 16.3. The number of amides is 3. The minimum absolute atomic E-state index is 0.0318. The van der Waals surface area contributed by atoms with Gasteiger partial charge in [0.15, 0.2) is 0 Å². The van der Waals surface area contributed by atoms with Gasteiger partial charge in [0.05, 0.1) is 12.0 Å². The molecule has 1 saturated heterocycles. The molecule has 1 aliphatic rings. The number of carbonyl (C=O) groups excluding carboxylic acids is 2. The normalized spacial score (nSPS) is 17.8. The molecule has 178 valence electrons. The molecule has 2 heterocycles. The van der Waals surface area contributed by atoms with Crippen LogP contribution in [0, 0.1) is 5.92 Å². The van der Waals surface area contributed by atoms with Gasteiger partial charge in [0.2, 0.25) is 5.91 Å². The van der Waals surface area contributed by atoms with Crippen LogP contribution in [-0.2, 0) is 11.3 Å². The van der Waals surface area contributed by atoms with Gasteiger partial charge in [0.1, 0.15) is 0 Å². The third-order valence-corrected chi connectivity index (χ3v) is 6.34. The van der Waals surface area contributed by atoms with Crippen molar-refractivity contribution >= 4 is 28.8 Å². The molecule has 3 aromatic rings. The molecule has 0 aliphatic carbocycles. The van der Waals surface area contributed by atoms with Crippen LogP contribution in [0.5, 0.6) is 0 Å². The Morgan fingerprint density at radius 1 is 1.06 bits per heavy atom. The number of nitrogens with zero attached hydrogens (tertiary/aromatic N) is 2. The van der Waals surface area contributed by atoms with Gasteiger partial charge in [-0.25, -0.2) is 10.3 Å². The van der Waals surface area contributed by atoms with E-state index in [4.69, 9.17) is 5.21 Å². The molecule has 0 unspecified atom stereocenters. The van der Waals surface area contributed by atoms with E-state index in [2.05, 4.69) is 41.9 Å². The van der Waals surface area contributed by atoms with Crippen molar-refractivity contribution in [1.82, 2.24) is 20.3 Å². The number of hydrogen-bond acceptors (Lipinski definition) is 4. The van der Waals surface area contributed by atoms with E-state index >= 15 is 0 Å². The summed E-state index contributed by atoms with van der Waals surface area (Å²) in [5, 5.41) is 22.1. The maximum absolute atomic E-state index is 12.8. The van der Waals surface area contributed by atoms with Crippen LogP contribution in [-0.4, -0.2) is 56.8 Å². The van der Waals surface area contributed by atoms with E-state index in [0.29, 0.717) is 18.0 Å². The molecule has 0 spiro atoms. The Balaban J connectivity index is 1.49. The fourth-order valence-corrected chi connectivity index (χ4v) is 4.54. The topological polar surface area (TPSA) is 124 Å². The second-order valence-corrected chi connectivity index (χ2v) is 8.92. The second-order valence-electron chi connectivity index (χ2n) is 8.92. The Morgan fingerprint density at radius 3 is 2.41 bits per heavy atom. The summed E-state index contributed by atoms with van der Waals surface area (Å²) in [6, 6.07) is 16.9. The lowest BCUT2D eigenvalue weighted by atomic mass is 10.0. The molecule has 9 nitrogen and oxygen atoms in total. The highest BCUT2D eigenvalue weighted by atomic mass is 16.5. The van der Waals surface area contributed by atoms with E-state index in [1.54, 1.807) is 17.6 Å². The van der Waals surface area contributed by atoms with Crippen LogP contribution in [0.4, 0.5) is 4.79 Å². The molecule has 1 aliphatic heterocycles. The van der Waals surface area contributed by atoms with Crippen molar-refractivity contribution in [1.29, 1.82) is 0 Å². The van der Waals surface area contributed by atoms with Gasteiger partial charge < -0.3 is 19.9 Å². The number of carboxylic acid groups (broad SMARTS) is 1. The number of benzene rings is 2. The summed E-state index contributed by atoms with van der Waals surface area (Å²) < 4.78 is 2.28. The molecule has 0 radical (unpaired) electrons. The summed E-state index contributed by atoms with van der Waals surface area (Å²) in [5.74, 6) is -1.66. The van der Waals surface area contributed by atoms with E-state index in [1.165, 1.54) is 11.1 Å². The highest BCUT2D eigenvalue weighted by molar-refractivity contribution is 5.95. The lowest BCUT2D eigenvalue weighted by Crippen LogP contribution is -2.45. The molecule has 3 amide bonds. The van der Waals surface area contributed by atoms with Crippen LogP contribution in [0.2, 0.25) is 0 Å². The van der Waals surface area contributed by atoms with Crippen molar-refractivity contribution in [3.05, 3.63) is 71.4 Å². The standard InChI is InChI=1S/C25H28N4O5/c1-15(2)22-11-18-5-3-4-6-21(18)29(22)12-16-7-9-17(10-8-16)23(30)26-20-14-28(25(32)33)13-19(20)24(31)27-34/h3-11,15,19-20,34H,12-14H2,1-2H3,(H,26,30)(H,27,31)(H,32,33)/t19-,20+/m0/s1. The molecule has 2 aromatic carbocycles. The Morgan fingerprint density at radius 2 is 1.76 bits per heavy atom. The van der Waals surface area contributed by atoms with Gasteiger partial charge in [0.25, 0.3) is 5.91 Å². The number of aromatic nitrogens is 1. The zero-order valence-corrected chi connectivity index (χ0v) is 19.1.